The summed E-state index contributed by atoms with van der Waals surface area (Å²) in [6, 6.07) is 15.3. The van der Waals surface area contributed by atoms with Crippen LogP contribution in [0.15, 0.2) is 48.5 Å². The van der Waals surface area contributed by atoms with Gasteiger partial charge in [0, 0.05) is 11.8 Å². The summed E-state index contributed by atoms with van der Waals surface area (Å²) in [5.74, 6) is 1.53. The molecule has 2 aromatic carbocycles. The maximum absolute atomic E-state index is 6.06. The maximum Gasteiger partial charge on any atom is 0.138 e. The zero-order valence-corrected chi connectivity index (χ0v) is 12.4. The molecule has 1 N–H and O–H groups in total. The van der Waals surface area contributed by atoms with E-state index in [2.05, 4.69) is 5.32 Å². The van der Waals surface area contributed by atoms with Crippen LogP contribution >= 0.6 is 11.6 Å². The highest BCUT2D eigenvalue weighted by molar-refractivity contribution is 6.32. The van der Waals surface area contributed by atoms with E-state index >= 15 is 0 Å². The van der Waals surface area contributed by atoms with Crippen LogP contribution in [0.5, 0.6) is 11.5 Å². The molecule has 2 rings (SSSR count). The van der Waals surface area contributed by atoms with Crippen molar-refractivity contribution in [2.45, 2.75) is 13.0 Å². The third-order valence-corrected chi connectivity index (χ3v) is 3.14. The van der Waals surface area contributed by atoms with Crippen LogP contribution in [0.1, 0.15) is 6.92 Å². The molecule has 0 amide bonds. The molecule has 106 valence electrons. The number of anilines is 1. The van der Waals surface area contributed by atoms with E-state index in [1.807, 2.05) is 55.5 Å². The predicted molar refractivity (Wildman–Crippen MR) is 83.0 cm³/mol. The van der Waals surface area contributed by atoms with Crippen molar-refractivity contribution in [2.24, 2.45) is 0 Å². The molecule has 1 unspecified atom stereocenters. The Morgan fingerprint density at radius 1 is 1.15 bits per heavy atom. The molecule has 0 heterocycles. The quantitative estimate of drug-likeness (QED) is 0.864. The molecule has 20 heavy (non-hydrogen) atoms. The standard InChI is InChI=1S/C16H18ClNO2/c1-12(20-16-9-4-3-8-15(16)17)11-18-13-6-5-7-14(10-13)19-2/h3-10,12,18H,11H2,1-2H3. The van der Waals surface area contributed by atoms with Gasteiger partial charge in [0.1, 0.15) is 17.6 Å². The van der Waals surface area contributed by atoms with Gasteiger partial charge in [-0.3, -0.25) is 0 Å². The van der Waals surface area contributed by atoms with Gasteiger partial charge in [-0.15, -0.1) is 0 Å². The Morgan fingerprint density at radius 3 is 2.70 bits per heavy atom. The normalized spacial score (nSPS) is 11.8. The van der Waals surface area contributed by atoms with Crippen LogP contribution in [0, 0.1) is 0 Å². The first-order valence-electron chi connectivity index (χ1n) is 6.48. The van der Waals surface area contributed by atoms with Gasteiger partial charge in [-0.05, 0) is 31.2 Å². The molecule has 0 aliphatic carbocycles. The van der Waals surface area contributed by atoms with E-state index in [0.717, 1.165) is 11.4 Å². The summed E-state index contributed by atoms with van der Waals surface area (Å²) in [4.78, 5) is 0. The van der Waals surface area contributed by atoms with Crippen molar-refractivity contribution in [1.29, 1.82) is 0 Å². The van der Waals surface area contributed by atoms with E-state index < -0.39 is 0 Å². The van der Waals surface area contributed by atoms with Crippen LogP contribution in [-0.4, -0.2) is 19.8 Å². The van der Waals surface area contributed by atoms with Gasteiger partial charge in [0.25, 0.3) is 0 Å². The summed E-state index contributed by atoms with van der Waals surface area (Å²) in [7, 11) is 1.66. The summed E-state index contributed by atoms with van der Waals surface area (Å²) in [6.07, 6.45) is 0.00102. The molecule has 4 heteroatoms. The first-order valence-corrected chi connectivity index (χ1v) is 6.86. The monoisotopic (exact) mass is 291 g/mol. The lowest BCUT2D eigenvalue weighted by molar-refractivity contribution is 0.235. The van der Waals surface area contributed by atoms with Crippen LogP contribution < -0.4 is 14.8 Å². The number of methoxy groups -OCH3 is 1. The third kappa shape index (κ3) is 4.07. The lowest BCUT2D eigenvalue weighted by Crippen LogP contribution is -2.22. The minimum Gasteiger partial charge on any atom is -0.497 e. The van der Waals surface area contributed by atoms with Crippen molar-refractivity contribution in [1.82, 2.24) is 0 Å². The van der Waals surface area contributed by atoms with Crippen molar-refractivity contribution in [3.8, 4) is 11.5 Å². The van der Waals surface area contributed by atoms with Crippen molar-refractivity contribution < 1.29 is 9.47 Å². The summed E-state index contributed by atoms with van der Waals surface area (Å²) < 4.78 is 11.0. The molecule has 0 aliphatic rings. The van der Waals surface area contributed by atoms with E-state index in [1.165, 1.54) is 0 Å². The largest absolute Gasteiger partial charge is 0.497 e. The number of nitrogens with one attached hydrogen (secondary N) is 1. The highest BCUT2D eigenvalue weighted by Gasteiger charge is 2.07. The van der Waals surface area contributed by atoms with Crippen molar-refractivity contribution in [3.05, 3.63) is 53.6 Å². The number of hydrogen-bond acceptors (Lipinski definition) is 3. The lowest BCUT2D eigenvalue weighted by atomic mass is 10.3. The van der Waals surface area contributed by atoms with Crippen LogP contribution in [-0.2, 0) is 0 Å². The minimum absolute atomic E-state index is 0.00102. The lowest BCUT2D eigenvalue weighted by Gasteiger charge is -2.17. The molecule has 0 aliphatic heterocycles. The SMILES string of the molecule is COc1cccc(NCC(C)Oc2ccccc2Cl)c1. The molecule has 0 spiro atoms. The number of halogens is 1. The Morgan fingerprint density at radius 2 is 1.95 bits per heavy atom. The molecule has 0 aromatic heterocycles. The second kappa shape index (κ2) is 7.06. The second-order valence-electron chi connectivity index (χ2n) is 4.47. The molecule has 2 aromatic rings. The van der Waals surface area contributed by atoms with Crippen molar-refractivity contribution in [2.75, 3.05) is 19.0 Å². The van der Waals surface area contributed by atoms with E-state index in [0.29, 0.717) is 17.3 Å². The Bertz CT molecular complexity index is 560. The molecule has 0 radical (unpaired) electrons. The summed E-state index contributed by atoms with van der Waals surface area (Å²) in [5, 5.41) is 3.94. The highest BCUT2D eigenvalue weighted by Crippen LogP contribution is 2.24. The first-order chi connectivity index (χ1) is 9.69. The Labute approximate surface area is 124 Å². The summed E-state index contributed by atoms with van der Waals surface area (Å²) in [6.45, 7) is 2.68. The summed E-state index contributed by atoms with van der Waals surface area (Å²) in [5.41, 5.74) is 0.999. The topological polar surface area (TPSA) is 30.5 Å². The molecule has 0 saturated carbocycles. The van der Waals surface area contributed by atoms with E-state index in [-0.39, 0.29) is 6.10 Å². The number of ether oxygens (including phenoxy) is 2. The zero-order chi connectivity index (χ0) is 14.4. The molecule has 3 nitrogen and oxygen atoms in total. The van der Waals surface area contributed by atoms with Gasteiger partial charge >= 0.3 is 0 Å². The highest BCUT2D eigenvalue weighted by atomic mass is 35.5. The second-order valence-corrected chi connectivity index (χ2v) is 4.88. The predicted octanol–water partition coefficient (Wildman–Crippen LogP) is 4.23. The van der Waals surface area contributed by atoms with Crippen LogP contribution in [0.3, 0.4) is 0 Å². The fourth-order valence-corrected chi connectivity index (χ4v) is 1.97. The minimum atomic E-state index is 0.00102. The van der Waals surface area contributed by atoms with Gasteiger partial charge in [0.2, 0.25) is 0 Å². The van der Waals surface area contributed by atoms with E-state index in [9.17, 15) is 0 Å². The fraction of sp³-hybridized carbons (Fsp3) is 0.250. The van der Waals surface area contributed by atoms with E-state index in [1.54, 1.807) is 7.11 Å². The molecule has 0 fully saturated rings. The fourth-order valence-electron chi connectivity index (χ4n) is 1.79. The molecular formula is C16H18ClNO2. The van der Waals surface area contributed by atoms with Crippen molar-refractivity contribution >= 4 is 17.3 Å². The average Bonchev–Trinajstić information content (AvgIpc) is 2.48. The average molecular weight is 292 g/mol. The van der Waals surface area contributed by atoms with Gasteiger partial charge in [0.05, 0.1) is 18.7 Å². The number of benzene rings is 2. The van der Waals surface area contributed by atoms with Gasteiger partial charge in [-0.25, -0.2) is 0 Å². The molecular weight excluding hydrogens is 274 g/mol. The van der Waals surface area contributed by atoms with Crippen LogP contribution in [0.4, 0.5) is 5.69 Å². The number of hydrogen-bond donors (Lipinski definition) is 1. The van der Waals surface area contributed by atoms with E-state index in [4.69, 9.17) is 21.1 Å². The summed E-state index contributed by atoms with van der Waals surface area (Å²) >= 11 is 6.06. The van der Waals surface area contributed by atoms with Gasteiger partial charge < -0.3 is 14.8 Å². The number of rotatable bonds is 6. The van der Waals surface area contributed by atoms with Crippen LogP contribution in [0.2, 0.25) is 5.02 Å². The first kappa shape index (κ1) is 14.5. The molecule has 0 bridgehead atoms. The van der Waals surface area contributed by atoms with Gasteiger partial charge in [-0.1, -0.05) is 29.8 Å². The maximum atomic E-state index is 6.06. The third-order valence-electron chi connectivity index (χ3n) is 2.83. The van der Waals surface area contributed by atoms with Gasteiger partial charge in [-0.2, -0.15) is 0 Å². The van der Waals surface area contributed by atoms with Gasteiger partial charge in [0.15, 0.2) is 0 Å². The Hall–Kier alpha value is -1.87. The smallest absolute Gasteiger partial charge is 0.138 e. The molecule has 1 atom stereocenters. The Balaban J connectivity index is 1.89. The number of para-hydroxylation sites is 1. The molecule has 0 saturated heterocycles. The zero-order valence-electron chi connectivity index (χ0n) is 11.6. The Kier molecular flexibility index (Phi) is 5.13. The van der Waals surface area contributed by atoms with Crippen molar-refractivity contribution in [3.63, 3.8) is 0 Å². The van der Waals surface area contributed by atoms with Crippen LogP contribution in [0.25, 0.3) is 0 Å².